The van der Waals surface area contributed by atoms with E-state index in [1.54, 1.807) is 13.8 Å². The number of nitrogens with zero attached hydrogens (tertiary/aromatic N) is 1. The Labute approximate surface area is 155 Å². The van der Waals surface area contributed by atoms with Crippen LogP contribution in [0.15, 0.2) is 54.6 Å². The molecular weight excluding hydrogens is 336 g/mol. The van der Waals surface area contributed by atoms with Crippen molar-refractivity contribution in [2.24, 2.45) is 0 Å². The molecule has 2 aromatic rings. The number of hydrogen-bond donors (Lipinski definition) is 2. The Morgan fingerprint density at radius 1 is 1.08 bits per heavy atom. The fourth-order valence-electron chi connectivity index (χ4n) is 2.38. The highest BCUT2D eigenvalue weighted by atomic mass is 35.5. The minimum atomic E-state index is -0.844. The molecule has 0 saturated carbocycles. The van der Waals surface area contributed by atoms with Gasteiger partial charge in [0.05, 0.1) is 16.3 Å². The Morgan fingerprint density at radius 2 is 1.64 bits per heavy atom. The van der Waals surface area contributed by atoms with Crippen molar-refractivity contribution in [2.45, 2.75) is 19.4 Å². The van der Waals surface area contributed by atoms with Crippen molar-refractivity contribution in [3.63, 3.8) is 0 Å². The van der Waals surface area contributed by atoms with E-state index in [1.165, 1.54) is 0 Å². The second kappa shape index (κ2) is 9.66. The van der Waals surface area contributed by atoms with Crippen LogP contribution in [-0.4, -0.2) is 43.5 Å². The monoisotopic (exact) mass is 362 g/mol. The maximum Gasteiger partial charge on any atom is 0.121 e. The topological polar surface area (TPSA) is 44.7 Å². The van der Waals surface area contributed by atoms with E-state index >= 15 is 0 Å². The van der Waals surface area contributed by atoms with Crippen molar-refractivity contribution >= 4 is 17.3 Å². The van der Waals surface area contributed by atoms with E-state index in [4.69, 9.17) is 16.3 Å². The van der Waals surface area contributed by atoms with Crippen LogP contribution in [-0.2, 0) is 0 Å². The van der Waals surface area contributed by atoms with Gasteiger partial charge >= 0.3 is 0 Å². The number of rotatable bonds is 4. The van der Waals surface area contributed by atoms with Crippen LogP contribution in [0.2, 0.25) is 5.02 Å². The summed E-state index contributed by atoms with van der Waals surface area (Å²) < 4.78 is 5.53. The first-order chi connectivity index (χ1) is 12.0. The fraction of sp³-hybridized carbons (Fsp3) is 0.400. The average Bonchev–Trinajstić information content (AvgIpc) is 2.62. The van der Waals surface area contributed by atoms with E-state index < -0.39 is 5.60 Å². The largest absolute Gasteiger partial charge is 0.491 e. The minimum absolute atomic E-state index is 0.246. The summed E-state index contributed by atoms with van der Waals surface area (Å²) >= 11 is 6.31. The van der Waals surface area contributed by atoms with E-state index in [-0.39, 0.29) is 6.61 Å². The van der Waals surface area contributed by atoms with Gasteiger partial charge in [-0.1, -0.05) is 48.0 Å². The fourth-order valence-corrected chi connectivity index (χ4v) is 2.67. The first-order valence-corrected chi connectivity index (χ1v) is 8.94. The summed E-state index contributed by atoms with van der Waals surface area (Å²) in [5.74, 6) is 0.686. The highest BCUT2D eigenvalue weighted by Gasteiger charge is 2.16. The molecule has 5 heteroatoms. The van der Waals surface area contributed by atoms with Gasteiger partial charge in [0, 0.05) is 32.2 Å². The van der Waals surface area contributed by atoms with Gasteiger partial charge in [-0.05, 0) is 26.0 Å². The first kappa shape index (κ1) is 19.6. The molecule has 0 atom stereocenters. The summed E-state index contributed by atoms with van der Waals surface area (Å²) in [6.07, 6.45) is 0. The summed E-state index contributed by atoms with van der Waals surface area (Å²) in [4.78, 5) is 2.26. The number of nitrogens with one attached hydrogen (secondary N) is 1. The number of benzene rings is 2. The van der Waals surface area contributed by atoms with Gasteiger partial charge in [0.15, 0.2) is 0 Å². The lowest BCUT2D eigenvalue weighted by molar-refractivity contribution is 0.0285. The molecule has 0 bridgehead atoms. The van der Waals surface area contributed by atoms with Gasteiger partial charge in [0.1, 0.15) is 12.4 Å². The number of aliphatic hydroxyl groups is 1. The lowest BCUT2D eigenvalue weighted by atomic mass is 10.2. The Balaban J connectivity index is 0.000000316. The number of ether oxygens (including phenoxy) is 1. The Kier molecular flexibility index (Phi) is 7.56. The molecule has 136 valence electrons. The number of hydrogen-bond acceptors (Lipinski definition) is 4. The molecule has 1 heterocycles. The summed E-state index contributed by atoms with van der Waals surface area (Å²) in [7, 11) is 0. The summed E-state index contributed by atoms with van der Waals surface area (Å²) in [5, 5.41) is 13.6. The van der Waals surface area contributed by atoms with Gasteiger partial charge in [-0.2, -0.15) is 0 Å². The van der Waals surface area contributed by atoms with Gasteiger partial charge in [-0.15, -0.1) is 0 Å². The Bertz CT molecular complexity index is 597. The highest BCUT2D eigenvalue weighted by molar-refractivity contribution is 6.33. The predicted octanol–water partition coefficient (Wildman–Crippen LogP) is 3.59. The van der Waals surface area contributed by atoms with Gasteiger partial charge in [-0.25, -0.2) is 0 Å². The quantitative estimate of drug-likeness (QED) is 0.872. The third-order valence-electron chi connectivity index (χ3n) is 3.64. The number of halogens is 1. The molecule has 0 unspecified atom stereocenters. The van der Waals surface area contributed by atoms with Crippen molar-refractivity contribution in [2.75, 3.05) is 37.7 Å². The molecule has 1 saturated heterocycles. The second-order valence-electron chi connectivity index (χ2n) is 6.61. The molecule has 3 rings (SSSR count). The first-order valence-electron chi connectivity index (χ1n) is 8.56. The van der Waals surface area contributed by atoms with E-state index in [1.807, 2.05) is 54.6 Å². The zero-order chi connectivity index (χ0) is 18.1. The molecule has 0 aromatic heterocycles. The van der Waals surface area contributed by atoms with Crippen LogP contribution >= 0.6 is 11.6 Å². The standard InChI is InChI=1S/C14H21ClN2O2.C6H6/c1-14(2,18)10-19-11-3-4-13(12(15)9-11)17-7-5-16-6-8-17;1-2-4-6-5-3-1/h3-4,9,16,18H,5-8,10H2,1-2H3;1-6H. The third-order valence-corrected chi connectivity index (χ3v) is 3.94. The summed E-state index contributed by atoms with van der Waals surface area (Å²) in [6.45, 7) is 7.55. The third kappa shape index (κ3) is 7.34. The second-order valence-corrected chi connectivity index (χ2v) is 7.01. The molecule has 0 aliphatic carbocycles. The number of piperazine rings is 1. The van der Waals surface area contributed by atoms with Crippen molar-refractivity contribution < 1.29 is 9.84 Å². The molecule has 25 heavy (non-hydrogen) atoms. The van der Waals surface area contributed by atoms with Crippen molar-refractivity contribution in [3.8, 4) is 5.75 Å². The van der Waals surface area contributed by atoms with Crippen LogP contribution in [0.5, 0.6) is 5.75 Å². The molecule has 1 aliphatic rings. The Hall–Kier alpha value is -1.75. The molecule has 1 aliphatic heterocycles. The average molecular weight is 363 g/mol. The lowest BCUT2D eigenvalue weighted by Crippen LogP contribution is -2.43. The van der Waals surface area contributed by atoms with E-state index in [0.717, 1.165) is 31.9 Å². The molecule has 0 amide bonds. The van der Waals surface area contributed by atoms with Gasteiger partial charge in [0.25, 0.3) is 0 Å². The molecule has 1 fully saturated rings. The van der Waals surface area contributed by atoms with E-state index in [0.29, 0.717) is 10.8 Å². The van der Waals surface area contributed by atoms with Gasteiger partial charge in [0.2, 0.25) is 0 Å². The van der Waals surface area contributed by atoms with Crippen LogP contribution in [0, 0.1) is 0 Å². The van der Waals surface area contributed by atoms with E-state index in [9.17, 15) is 5.11 Å². The molecule has 2 N–H and O–H groups in total. The maximum absolute atomic E-state index is 9.63. The predicted molar refractivity (Wildman–Crippen MR) is 105 cm³/mol. The minimum Gasteiger partial charge on any atom is -0.491 e. The zero-order valence-electron chi connectivity index (χ0n) is 14.9. The molecule has 2 aromatic carbocycles. The smallest absolute Gasteiger partial charge is 0.121 e. The normalized spacial score (nSPS) is 14.5. The van der Waals surface area contributed by atoms with Gasteiger partial charge in [-0.3, -0.25) is 0 Å². The molecule has 4 nitrogen and oxygen atoms in total. The SMILES string of the molecule is CC(C)(O)COc1ccc(N2CCNCC2)c(Cl)c1.c1ccccc1. The molecular formula is C20H27ClN2O2. The van der Waals surface area contributed by atoms with Crippen molar-refractivity contribution in [1.82, 2.24) is 5.32 Å². The van der Waals surface area contributed by atoms with Crippen molar-refractivity contribution in [3.05, 3.63) is 59.6 Å². The van der Waals surface area contributed by atoms with Crippen LogP contribution in [0.4, 0.5) is 5.69 Å². The van der Waals surface area contributed by atoms with E-state index in [2.05, 4.69) is 10.2 Å². The number of anilines is 1. The molecule has 0 radical (unpaired) electrons. The van der Waals surface area contributed by atoms with Gasteiger partial charge < -0.3 is 20.1 Å². The van der Waals surface area contributed by atoms with Crippen LogP contribution in [0.25, 0.3) is 0 Å². The van der Waals surface area contributed by atoms with Crippen LogP contribution < -0.4 is 15.0 Å². The van der Waals surface area contributed by atoms with Crippen LogP contribution in [0.3, 0.4) is 0 Å². The van der Waals surface area contributed by atoms with Crippen molar-refractivity contribution in [1.29, 1.82) is 0 Å². The maximum atomic E-state index is 9.63. The summed E-state index contributed by atoms with van der Waals surface area (Å²) in [6, 6.07) is 17.7. The highest BCUT2D eigenvalue weighted by Crippen LogP contribution is 2.30. The zero-order valence-corrected chi connectivity index (χ0v) is 15.7. The lowest BCUT2D eigenvalue weighted by Gasteiger charge is -2.30. The molecule has 0 spiro atoms. The summed E-state index contributed by atoms with van der Waals surface area (Å²) in [5.41, 5.74) is 0.197. The van der Waals surface area contributed by atoms with Crippen LogP contribution in [0.1, 0.15) is 13.8 Å². The Morgan fingerprint density at radius 3 is 2.12 bits per heavy atom.